The molecule has 1 aliphatic carbocycles. The molecule has 0 amide bonds. The van der Waals surface area contributed by atoms with Crippen LogP contribution in [0.25, 0.3) is 71.1 Å². The molecular formula is C40H34N2Si. The van der Waals surface area contributed by atoms with Gasteiger partial charge in [-0.25, -0.2) is 0 Å². The fourth-order valence-corrected chi connectivity index (χ4v) is 9.09. The smallest absolute Gasteiger partial charge is 0.0775 e. The van der Waals surface area contributed by atoms with E-state index in [-0.39, 0.29) is 5.41 Å². The highest BCUT2D eigenvalue weighted by Gasteiger charge is 2.38. The van der Waals surface area contributed by atoms with Crippen LogP contribution in [0, 0.1) is 6.92 Å². The summed E-state index contributed by atoms with van der Waals surface area (Å²) in [5.41, 5.74) is 9.92. The average molecular weight is 571 g/mol. The maximum Gasteiger partial charge on any atom is 0.0775 e. The van der Waals surface area contributed by atoms with Crippen molar-refractivity contribution in [1.29, 1.82) is 0 Å². The molecule has 9 rings (SSSR count). The van der Waals surface area contributed by atoms with E-state index < -0.39 is 8.07 Å². The molecule has 3 heteroatoms. The Labute approximate surface area is 253 Å². The van der Waals surface area contributed by atoms with Crippen molar-refractivity contribution in [3.63, 3.8) is 0 Å². The molecule has 0 fully saturated rings. The van der Waals surface area contributed by atoms with Gasteiger partial charge >= 0.3 is 0 Å². The third kappa shape index (κ3) is 3.21. The Bertz CT molecular complexity index is 2450. The molecule has 208 valence electrons. The van der Waals surface area contributed by atoms with Gasteiger partial charge in [-0.2, -0.15) is 0 Å². The molecule has 2 heterocycles. The highest BCUT2D eigenvalue weighted by atomic mass is 28.3. The predicted molar refractivity (Wildman–Crippen MR) is 188 cm³/mol. The van der Waals surface area contributed by atoms with E-state index in [0.29, 0.717) is 0 Å². The molecule has 0 saturated heterocycles. The van der Waals surface area contributed by atoms with Crippen LogP contribution in [-0.2, 0) is 5.41 Å². The first-order chi connectivity index (χ1) is 20.6. The molecule has 2 aromatic heterocycles. The van der Waals surface area contributed by atoms with Crippen molar-refractivity contribution in [2.75, 3.05) is 0 Å². The molecule has 0 radical (unpaired) electrons. The van der Waals surface area contributed by atoms with Gasteiger partial charge in [-0.1, -0.05) is 99.3 Å². The molecule has 8 aromatic rings. The number of fused-ring (bicyclic) bond motifs is 8. The van der Waals surface area contributed by atoms with E-state index in [9.17, 15) is 0 Å². The Balaban J connectivity index is 1.44. The molecule has 0 atom stereocenters. The van der Waals surface area contributed by atoms with Crippen LogP contribution in [0.1, 0.15) is 30.7 Å². The van der Waals surface area contributed by atoms with E-state index in [1.54, 1.807) is 0 Å². The molecular weight excluding hydrogens is 537 g/mol. The number of benzene rings is 6. The molecule has 2 nitrogen and oxygen atoms in total. The molecule has 0 bridgehead atoms. The minimum absolute atomic E-state index is 0.0857. The average Bonchev–Trinajstić information content (AvgIpc) is 3.43. The van der Waals surface area contributed by atoms with Crippen LogP contribution >= 0.6 is 0 Å². The standard InChI is InChI=1S/C40H34N2Si/c1-23-11-20-32-38(41-23)37-29-18-19-30-36-24(12-13-25(35(29)36)22-33(37)40(32,2)3)21-31-28-9-7-8-10-34(28)42(39(30)31)26-14-16-27(17-15-26)43(4,5)6/h7-22H,1-6H3. The lowest BCUT2D eigenvalue weighted by Gasteiger charge is -2.22. The maximum atomic E-state index is 5.13. The summed E-state index contributed by atoms with van der Waals surface area (Å²) in [6.07, 6.45) is 0. The Morgan fingerprint density at radius 2 is 1.35 bits per heavy atom. The van der Waals surface area contributed by atoms with E-state index >= 15 is 0 Å². The van der Waals surface area contributed by atoms with Gasteiger partial charge in [0.25, 0.3) is 0 Å². The second kappa shape index (κ2) is 8.12. The number of rotatable bonds is 2. The van der Waals surface area contributed by atoms with Crippen molar-refractivity contribution < 1.29 is 0 Å². The molecule has 6 aromatic carbocycles. The summed E-state index contributed by atoms with van der Waals surface area (Å²) in [6, 6.07) is 37.0. The third-order valence-corrected chi connectivity index (χ3v) is 12.2. The lowest BCUT2D eigenvalue weighted by atomic mass is 9.80. The van der Waals surface area contributed by atoms with Crippen LogP contribution in [0.5, 0.6) is 0 Å². The highest BCUT2D eigenvalue weighted by molar-refractivity contribution is 6.88. The fraction of sp³-hybridized carbons (Fsp3) is 0.175. The quantitative estimate of drug-likeness (QED) is 0.149. The number of pyridine rings is 1. The summed E-state index contributed by atoms with van der Waals surface area (Å²) in [4.78, 5) is 5.13. The Morgan fingerprint density at radius 1 is 0.651 bits per heavy atom. The van der Waals surface area contributed by atoms with Gasteiger partial charge in [0, 0.05) is 38.5 Å². The maximum absolute atomic E-state index is 5.13. The zero-order valence-corrected chi connectivity index (χ0v) is 26.6. The van der Waals surface area contributed by atoms with Gasteiger partial charge in [0.1, 0.15) is 0 Å². The van der Waals surface area contributed by atoms with Crippen LogP contribution in [0.3, 0.4) is 0 Å². The Hall–Kier alpha value is -4.47. The number of hydrogen-bond donors (Lipinski definition) is 0. The van der Waals surface area contributed by atoms with Gasteiger partial charge in [0.05, 0.1) is 24.8 Å². The molecule has 0 spiro atoms. The topological polar surface area (TPSA) is 17.8 Å². The summed E-state index contributed by atoms with van der Waals surface area (Å²) in [6.45, 7) is 14.0. The molecule has 0 aliphatic heterocycles. The second-order valence-electron chi connectivity index (χ2n) is 14.1. The summed E-state index contributed by atoms with van der Waals surface area (Å²) in [5.74, 6) is 0. The van der Waals surface area contributed by atoms with Crippen molar-refractivity contribution in [2.24, 2.45) is 0 Å². The normalized spacial score (nSPS) is 14.5. The fourth-order valence-electron chi connectivity index (χ4n) is 7.92. The second-order valence-corrected chi connectivity index (χ2v) is 19.2. The number of hydrogen-bond acceptors (Lipinski definition) is 1. The van der Waals surface area contributed by atoms with E-state index in [0.717, 1.165) is 11.4 Å². The highest BCUT2D eigenvalue weighted by Crippen LogP contribution is 2.53. The summed E-state index contributed by atoms with van der Waals surface area (Å²) >= 11 is 0. The minimum atomic E-state index is -1.40. The van der Waals surface area contributed by atoms with Gasteiger partial charge in [0.15, 0.2) is 0 Å². The minimum Gasteiger partial charge on any atom is -0.309 e. The van der Waals surface area contributed by atoms with E-state index in [1.807, 2.05) is 0 Å². The van der Waals surface area contributed by atoms with Crippen molar-refractivity contribution >= 4 is 67.4 Å². The summed E-state index contributed by atoms with van der Waals surface area (Å²) in [7, 11) is -1.40. The Kier molecular flexibility index (Phi) is 4.73. The van der Waals surface area contributed by atoms with Gasteiger partial charge in [0.2, 0.25) is 0 Å². The van der Waals surface area contributed by atoms with Crippen molar-refractivity contribution in [2.45, 2.75) is 45.8 Å². The number of nitrogens with zero attached hydrogens (tertiary/aromatic N) is 2. The number of aromatic nitrogens is 2. The SMILES string of the molecule is Cc1ccc2c(n1)-c1c(cc3ccc4cc5c6ccccc6n(-c6ccc([Si](C)(C)C)cc6)c5c5ccc1c3c45)C2(C)C. The van der Waals surface area contributed by atoms with Crippen molar-refractivity contribution in [3.8, 4) is 16.9 Å². The van der Waals surface area contributed by atoms with E-state index in [4.69, 9.17) is 4.98 Å². The van der Waals surface area contributed by atoms with Crippen LogP contribution in [0.2, 0.25) is 19.6 Å². The van der Waals surface area contributed by atoms with Crippen LogP contribution < -0.4 is 5.19 Å². The molecule has 43 heavy (non-hydrogen) atoms. The van der Waals surface area contributed by atoms with Gasteiger partial charge < -0.3 is 4.57 Å². The zero-order valence-electron chi connectivity index (χ0n) is 25.6. The van der Waals surface area contributed by atoms with Gasteiger partial charge in [-0.15, -0.1) is 0 Å². The van der Waals surface area contributed by atoms with Crippen LogP contribution in [-0.4, -0.2) is 17.6 Å². The van der Waals surface area contributed by atoms with Gasteiger partial charge in [-0.05, 0) is 81.4 Å². The summed E-state index contributed by atoms with van der Waals surface area (Å²) in [5, 5.41) is 12.0. The lowest BCUT2D eigenvalue weighted by Crippen LogP contribution is -2.37. The first-order valence-electron chi connectivity index (χ1n) is 15.4. The first kappa shape index (κ1) is 25.1. The molecule has 0 N–H and O–H groups in total. The predicted octanol–water partition coefficient (Wildman–Crippen LogP) is 10.2. The van der Waals surface area contributed by atoms with Crippen molar-refractivity contribution in [1.82, 2.24) is 9.55 Å². The third-order valence-electron chi connectivity index (χ3n) is 10.1. The largest absolute Gasteiger partial charge is 0.309 e. The molecule has 1 aliphatic rings. The zero-order chi connectivity index (χ0) is 29.4. The number of aryl methyl sites for hydroxylation is 1. The first-order valence-corrected chi connectivity index (χ1v) is 18.9. The lowest BCUT2D eigenvalue weighted by molar-refractivity contribution is 0.659. The van der Waals surface area contributed by atoms with E-state index in [2.05, 4.69) is 142 Å². The molecule has 0 unspecified atom stereocenters. The van der Waals surface area contributed by atoms with Crippen molar-refractivity contribution in [3.05, 3.63) is 114 Å². The Morgan fingerprint density at radius 3 is 2.12 bits per heavy atom. The number of para-hydroxylation sites is 1. The van der Waals surface area contributed by atoms with Crippen LogP contribution in [0.15, 0.2) is 97.1 Å². The summed E-state index contributed by atoms with van der Waals surface area (Å²) < 4.78 is 2.50. The molecule has 0 saturated carbocycles. The van der Waals surface area contributed by atoms with Gasteiger partial charge in [-0.3, -0.25) is 4.98 Å². The van der Waals surface area contributed by atoms with E-state index in [1.165, 1.54) is 81.7 Å². The monoisotopic (exact) mass is 570 g/mol. The van der Waals surface area contributed by atoms with Crippen LogP contribution in [0.4, 0.5) is 0 Å².